The molecule has 1 aliphatic heterocycles. The Bertz CT molecular complexity index is 969. The highest BCUT2D eigenvalue weighted by Crippen LogP contribution is 2.24. The van der Waals surface area contributed by atoms with Crippen molar-refractivity contribution in [2.75, 3.05) is 6.61 Å². The summed E-state index contributed by atoms with van der Waals surface area (Å²) in [5, 5.41) is 20.2. The van der Waals surface area contributed by atoms with Gasteiger partial charge in [-0.2, -0.15) is 4.99 Å². The first-order chi connectivity index (χ1) is 14.3. The largest absolute Gasteiger partial charge is 0.491 e. The summed E-state index contributed by atoms with van der Waals surface area (Å²) in [7, 11) is 0. The van der Waals surface area contributed by atoms with Gasteiger partial charge in [0, 0.05) is 5.56 Å². The van der Waals surface area contributed by atoms with Crippen molar-refractivity contribution < 1.29 is 29.3 Å². The Kier molecular flexibility index (Phi) is 6.31. The third kappa shape index (κ3) is 5.34. The van der Waals surface area contributed by atoms with Crippen LogP contribution in [-0.4, -0.2) is 46.7 Å². The number of amidine groups is 1. The van der Waals surface area contributed by atoms with E-state index in [1.807, 2.05) is 24.3 Å². The number of hydrogen-bond acceptors (Lipinski definition) is 4. The van der Waals surface area contributed by atoms with Gasteiger partial charge in [0.2, 0.25) is 5.91 Å². The molecule has 9 heteroatoms. The zero-order valence-corrected chi connectivity index (χ0v) is 15.9. The summed E-state index contributed by atoms with van der Waals surface area (Å²) in [6.45, 7) is 0.262. The molecule has 1 fully saturated rings. The number of carbonyl (C=O) groups excluding carboxylic acids is 1. The van der Waals surface area contributed by atoms with Crippen LogP contribution in [-0.2, 0) is 9.59 Å². The van der Waals surface area contributed by atoms with E-state index in [-0.39, 0.29) is 30.8 Å². The molecule has 1 heterocycles. The lowest BCUT2D eigenvalue weighted by molar-refractivity contribution is -0.140. The summed E-state index contributed by atoms with van der Waals surface area (Å²) in [6, 6.07) is 14.1. The standard InChI is InChI=1S/C21H21N3O6/c22-19(24-21(28)29)14-3-1-12(2-4-14)13-5-7-17(8-6-13)30-11-16-9-15(10-18(25)26)20(27)23-16/h1-8,15-16H,9-11H2,(H2,22,24)(H,23,27)(H,25,26)(H,28,29)/t15-,16-/m0/s1. The maximum Gasteiger partial charge on any atom is 0.433 e. The monoisotopic (exact) mass is 411 g/mol. The number of carboxylic acids is 1. The van der Waals surface area contributed by atoms with Crippen LogP contribution < -0.4 is 15.8 Å². The molecule has 2 aromatic rings. The number of aliphatic carboxylic acids is 1. The number of nitrogens with two attached hydrogens (primary N) is 1. The molecule has 0 saturated carbocycles. The number of amides is 2. The topological polar surface area (TPSA) is 151 Å². The van der Waals surface area contributed by atoms with Gasteiger partial charge in [0.25, 0.3) is 0 Å². The van der Waals surface area contributed by atoms with Crippen LogP contribution in [0.15, 0.2) is 53.5 Å². The second kappa shape index (κ2) is 9.08. The highest BCUT2D eigenvalue weighted by atomic mass is 16.5. The normalized spacial score (nSPS) is 18.7. The van der Waals surface area contributed by atoms with Crippen LogP contribution in [0.1, 0.15) is 18.4 Å². The number of nitrogens with zero attached hydrogens (tertiary/aromatic N) is 1. The van der Waals surface area contributed by atoms with Gasteiger partial charge >= 0.3 is 12.1 Å². The predicted molar refractivity (Wildman–Crippen MR) is 108 cm³/mol. The van der Waals surface area contributed by atoms with E-state index in [0.717, 1.165) is 11.1 Å². The third-order valence-electron chi connectivity index (χ3n) is 4.74. The molecule has 0 bridgehead atoms. The zero-order chi connectivity index (χ0) is 21.7. The number of rotatable bonds is 7. The summed E-state index contributed by atoms with van der Waals surface area (Å²) >= 11 is 0. The molecule has 3 rings (SSSR count). The summed E-state index contributed by atoms with van der Waals surface area (Å²) in [4.78, 5) is 36.4. The van der Waals surface area contributed by atoms with Gasteiger partial charge in [0.15, 0.2) is 0 Å². The van der Waals surface area contributed by atoms with Crippen molar-refractivity contribution in [2.24, 2.45) is 16.6 Å². The average molecular weight is 411 g/mol. The molecule has 0 radical (unpaired) electrons. The molecule has 2 atom stereocenters. The third-order valence-corrected chi connectivity index (χ3v) is 4.74. The predicted octanol–water partition coefficient (Wildman–Crippen LogP) is 2.10. The van der Waals surface area contributed by atoms with Crippen molar-refractivity contribution in [3.8, 4) is 16.9 Å². The Morgan fingerprint density at radius 2 is 1.67 bits per heavy atom. The van der Waals surface area contributed by atoms with E-state index in [9.17, 15) is 14.4 Å². The maximum absolute atomic E-state index is 11.8. The summed E-state index contributed by atoms with van der Waals surface area (Å²) in [5.41, 5.74) is 7.98. The SMILES string of the molecule is N/C(=N\C(=O)O)c1ccc(-c2ccc(OC[C@@H]3C[C@@H](CC(=O)O)C(=O)N3)cc2)cc1. The van der Waals surface area contributed by atoms with E-state index in [1.165, 1.54) is 0 Å². The van der Waals surface area contributed by atoms with Gasteiger partial charge in [0.1, 0.15) is 18.2 Å². The fourth-order valence-electron chi connectivity index (χ4n) is 3.27. The second-order valence-corrected chi connectivity index (χ2v) is 6.93. The first kappa shape index (κ1) is 20.8. The molecule has 1 saturated heterocycles. The van der Waals surface area contributed by atoms with Crippen molar-refractivity contribution in [2.45, 2.75) is 18.9 Å². The first-order valence-corrected chi connectivity index (χ1v) is 9.24. The summed E-state index contributed by atoms with van der Waals surface area (Å²) in [5.74, 6) is -1.20. The van der Waals surface area contributed by atoms with Crippen molar-refractivity contribution in [1.82, 2.24) is 5.32 Å². The van der Waals surface area contributed by atoms with Crippen molar-refractivity contribution in [3.05, 3.63) is 54.1 Å². The fourth-order valence-corrected chi connectivity index (χ4v) is 3.27. The van der Waals surface area contributed by atoms with Gasteiger partial charge in [-0.1, -0.05) is 36.4 Å². The lowest BCUT2D eigenvalue weighted by Crippen LogP contribution is -2.31. The maximum atomic E-state index is 11.8. The smallest absolute Gasteiger partial charge is 0.433 e. The van der Waals surface area contributed by atoms with E-state index >= 15 is 0 Å². The van der Waals surface area contributed by atoms with Gasteiger partial charge in [-0.25, -0.2) is 4.79 Å². The van der Waals surface area contributed by atoms with Crippen molar-refractivity contribution in [3.63, 3.8) is 0 Å². The fraction of sp³-hybridized carbons (Fsp3) is 0.238. The van der Waals surface area contributed by atoms with E-state index in [0.29, 0.717) is 17.7 Å². The van der Waals surface area contributed by atoms with Gasteiger partial charge in [0.05, 0.1) is 18.4 Å². The van der Waals surface area contributed by atoms with E-state index < -0.39 is 18.0 Å². The van der Waals surface area contributed by atoms with Crippen LogP contribution >= 0.6 is 0 Å². The number of ether oxygens (including phenoxy) is 1. The van der Waals surface area contributed by atoms with Gasteiger partial charge in [-0.3, -0.25) is 9.59 Å². The number of hydrogen-bond donors (Lipinski definition) is 4. The van der Waals surface area contributed by atoms with Crippen LogP contribution in [0.3, 0.4) is 0 Å². The minimum atomic E-state index is -1.35. The molecular weight excluding hydrogens is 390 g/mol. The van der Waals surface area contributed by atoms with Crippen molar-refractivity contribution >= 4 is 23.8 Å². The summed E-state index contributed by atoms with van der Waals surface area (Å²) in [6.07, 6.45) is -1.09. The molecule has 2 amide bonds. The Morgan fingerprint density at radius 1 is 1.07 bits per heavy atom. The molecule has 2 aromatic carbocycles. The highest BCUT2D eigenvalue weighted by Gasteiger charge is 2.33. The number of benzene rings is 2. The minimum Gasteiger partial charge on any atom is -0.491 e. The molecule has 0 aliphatic carbocycles. The number of aliphatic imine (C=N–C) groups is 1. The Balaban J connectivity index is 1.57. The quantitative estimate of drug-likeness (QED) is 0.402. The Hall–Kier alpha value is -3.88. The molecular formula is C21H21N3O6. The first-order valence-electron chi connectivity index (χ1n) is 9.24. The van der Waals surface area contributed by atoms with Gasteiger partial charge in [-0.15, -0.1) is 0 Å². The van der Waals surface area contributed by atoms with E-state index in [1.54, 1.807) is 24.3 Å². The van der Waals surface area contributed by atoms with Gasteiger partial charge in [-0.05, 0) is 29.7 Å². The lowest BCUT2D eigenvalue weighted by Gasteiger charge is -2.12. The van der Waals surface area contributed by atoms with Crippen molar-refractivity contribution in [1.29, 1.82) is 0 Å². The lowest BCUT2D eigenvalue weighted by atomic mass is 10.0. The Labute approximate surface area is 172 Å². The highest BCUT2D eigenvalue weighted by molar-refractivity contribution is 6.02. The average Bonchev–Trinajstić information content (AvgIpc) is 3.05. The van der Waals surface area contributed by atoms with E-state index in [4.69, 9.17) is 20.7 Å². The molecule has 0 spiro atoms. The molecule has 5 N–H and O–H groups in total. The van der Waals surface area contributed by atoms with Gasteiger partial charge < -0.3 is 26.0 Å². The molecule has 9 nitrogen and oxygen atoms in total. The Morgan fingerprint density at radius 3 is 2.23 bits per heavy atom. The van der Waals surface area contributed by atoms with Crippen LogP contribution in [0.2, 0.25) is 0 Å². The number of carboxylic acid groups (broad SMARTS) is 2. The molecule has 0 aromatic heterocycles. The van der Waals surface area contributed by atoms with Crippen LogP contribution in [0.5, 0.6) is 5.75 Å². The zero-order valence-electron chi connectivity index (χ0n) is 15.9. The molecule has 156 valence electrons. The second-order valence-electron chi connectivity index (χ2n) is 6.93. The molecule has 30 heavy (non-hydrogen) atoms. The summed E-state index contributed by atoms with van der Waals surface area (Å²) < 4.78 is 5.72. The number of nitrogens with one attached hydrogen (secondary N) is 1. The van der Waals surface area contributed by atoms with Crippen LogP contribution in [0, 0.1) is 5.92 Å². The van der Waals surface area contributed by atoms with E-state index in [2.05, 4.69) is 10.3 Å². The van der Waals surface area contributed by atoms with Crippen LogP contribution in [0.25, 0.3) is 11.1 Å². The van der Waals surface area contributed by atoms with Crippen LogP contribution in [0.4, 0.5) is 4.79 Å². The number of carbonyl (C=O) groups is 3. The minimum absolute atomic E-state index is 0.0672. The molecule has 0 unspecified atom stereocenters. The molecule has 1 aliphatic rings.